The molecule has 6 nitrogen and oxygen atoms in total. The van der Waals surface area contributed by atoms with E-state index in [4.69, 9.17) is 5.73 Å². The highest BCUT2D eigenvalue weighted by Gasteiger charge is 2.15. The standard InChI is InChI=1S/C30H46N4O2/c1-10-13-14-16-22(4)26(12-3)25(15-11-2)19-27(23(5)32-9)28(20-35)24(6)34-29(31)17-18-33-30(7,8)21-36/h12,14-20,32-33,36H,3,5,10-11,13,21H2,1-2,4,6-9H3,(H2,31,34)/b16-14-,18-17-,25-15-,26-22+,27-19+,28-24+. The highest BCUT2D eigenvalue weighted by molar-refractivity contribution is 5.93. The summed E-state index contributed by atoms with van der Waals surface area (Å²) < 4.78 is 0. The minimum atomic E-state index is -0.488. The first-order valence-electron chi connectivity index (χ1n) is 12.4. The second kappa shape index (κ2) is 17.1. The maximum absolute atomic E-state index is 12.3. The lowest BCUT2D eigenvalue weighted by atomic mass is 9.93. The van der Waals surface area contributed by atoms with E-state index in [1.54, 1.807) is 26.2 Å². The number of hydrogen-bond acceptors (Lipinski definition) is 5. The number of aliphatic hydroxyl groups is 1. The fourth-order valence-corrected chi connectivity index (χ4v) is 3.14. The first-order valence-corrected chi connectivity index (χ1v) is 12.4. The van der Waals surface area contributed by atoms with Gasteiger partial charge in [-0.2, -0.15) is 0 Å². The number of amidine groups is 1. The van der Waals surface area contributed by atoms with Crippen LogP contribution >= 0.6 is 0 Å². The van der Waals surface area contributed by atoms with E-state index < -0.39 is 5.54 Å². The molecule has 198 valence electrons. The predicted molar refractivity (Wildman–Crippen MR) is 155 cm³/mol. The minimum Gasteiger partial charge on any atom is -0.394 e. The van der Waals surface area contributed by atoms with Crippen molar-refractivity contribution in [3.05, 3.63) is 95.1 Å². The Kier molecular flexibility index (Phi) is 15.5. The summed E-state index contributed by atoms with van der Waals surface area (Å²) in [6.07, 6.45) is 17.0. The Balaban J connectivity index is 6.70. The van der Waals surface area contributed by atoms with E-state index in [1.807, 2.05) is 26.0 Å². The van der Waals surface area contributed by atoms with Gasteiger partial charge in [0.15, 0.2) is 6.29 Å². The molecule has 0 saturated carbocycles. The molecule has 0 atom stereocenters. The Morgan fingerprint density at radius 3 is 2.33 bits per heavy atom. The normalized spacial score (nSPS) is 15.1. The first-order chi connectivity index (χ1) is 17.0. The number of nitrogens with two attached hydrogens (primary N) is 1. The second-order valence-electron chi connectivity index (χ2n) is 9.02. The summed E-state index contributed by atoms with van der Waals surface area (Å²) in [4.78, 5) is 16.7. The molecule has 6 heteroatoms. The van der Waals surface area contributed by atoms with E-state index >= 15 is 0 Å². The summed E-state index contributed by atoms with van der Waals surface area (Å²) in [7, 11) is 1.76. The fraction of sp³-hybridized carbons (Fsp3) is 0.400. The molecule has 0 aromatic rings. The lowest BCUT2D eigenvalue weighted by Crippen LogP contribution is -2.39. The van der Waals surface area contributed by atoms with Gasteiger partial charge in [-0.3, -0.25) is 4.79 Å². The summed E-state index contributed by atoms with van der Waals surface area (Å²) in [5.41, 5.74) is 10.6. The number of likely N-dealkylation sites (N-methyl/N-ethyl adjacent to an activating group) is 1. The van der Waals surface area contributed by atoms with Crippen molar-refractivity contribution in [2.75, 3.05) is 13.7 Å². The molecule has 0 rings (SSSR count). The predicted octanol–water partition coefficient (Wildman–Crippen LogP) is 5.55. The zero-order chi connectivity index (χ0) is 27.7. The maximum atomic E-state index is 12.3. The molecule has 0 aromatic carbocycles. The van der Waals surface area contributed by atoms with Crippen molar-refractivity contribution < 1.29 is 9.90 Å². The number of aliphatic hydroxyl groups excluding tert-OH is 1. The molecule has 36 heavy (non-hydrogen) atoms. The van der Waals surface area contributed by atoms with Crippen LogP contribution in [0.2, 0.25) is 0 Å². The lowest BCUT2D eigenvalue weighted by molar-refractivity contribution is -0.104. The van der Waals surface area contributed by atoms with Crippen molar-refractivity contribution in [2.45, 2.75) is 66.3 Å². The van der Waals surface area contributed by atoms with Crippen LogP contribution in [0.4, 0.5) is 0 Å². The van der Waals surface area contributed by atoms with Crippen molar-refractivity contribution in [3.63, 3.8) is 0 Å². The van der Waals surface area contributed by atoms with Crippen molar-refractivity contribution in [3.8, 4) is 0 Å². The maximum Gasteiger partial charge on any atom is 0.152 e. The van der Waals surface area contributed by atoms with Gasteiger partial charge < -0.3 is 21.5 Å². The van der Waals surface area contributed by atoms with Crippen LogP contribution in [0.3, 0.4) is 0 Å². The van der Waals surface area contributed by atoms with E-state index in [2.05, 4.69) is 67.8 Å². The van der Waals surface area contributed by atoms with E-state index in [1.165, 1.54) is 0 Å². The van der Waals surface area contributed by atoms with Gasteiger partial charge in [-0.15, -0.1) is 0 Å². The molecule has 0 aliphatic rings. The Morgan fingerprint density at radius 1 is 1.17 bits per heavy atom. The average Bonchev–Trinajstić information content (AvgIpc) is 2.83. The molecule has 0 bridgehead atoms. The highest BCUT2D eigenvalue weighted by Crippen LogP contribution is 2.26. The quantitative estimate of drug-likeness (QED) is 0.0742. The number of hydrogen-bond donors (Lipinski definition) is 4. The Morgan fingerprint density at radius 2 is 1.83 bits per heavy atom. The molecule has 0 saturated heterocycles. The van der Waals surface area contributed by atoms with Crippen molar-refractivity contribution in [1.82, 2.24) is 10.6 Å². The summed E-state index contributed by atoms with van der Waals surface area (Å²) >= 11 is 0. The highest BCUT2D eigenvalue weighted by atomic mass is 16.3. The third kappa shape index (κ3) is 11.4. The summed E-state index contributed by atoms with van der Waals surface area (Å²) in [6.45, 7) is 19.8. The molecule has 0 amide bonds. The second-order valence-corrected chi connectivity index (χ2v) is 9.02. The average molecular weight is 495 g/mol. The molecule has 0 aliphatic heterocycles. The van der Waals surface area contributed by atoms with Gasteiger partial charge in [0.25, 0.3) is 0 Å². The van der Waals surface area contributed by atoms with E-state index in [0.717, 1.165) is 42.3 Å². The van der Waals surface area contributed by atoms with Crippen molar-refractivity contribution >= 4 is 12.1 Å². The number of carbonyl (C=O) groups is 1. The molecule has 0 heterocycles. The van der Waals surface area contributed by atoms with Gasteiger partial charge in [0.05, 0.1) is 17.8 Å². The number of aliphatic imine (C=N–C) groups is 1. The third-order valence-electron chi connectivity index (χ3n) is 5.33. The molecular formula is C30H46N4O2. The summed E-state index contributed by atoms with van der Waals surface area (Å²) in [5, 5.41) is 15.5. The number of allylic oxidation sites excluding steroid dienone is 10. The number of aldehydes is 1. The SMILES string of the molecule is C=CC(/C(/C=C(C(=C)NC)/C(C=O)=C(C)/N=C(N)\C=C/NC(C)(C)CO)=C\CC)=C(C)\C=C/CCC. The Bertz CT molecular complexity index is 986. The summed E-state index contributed by atoms with van der Waals surface area (Å²) in [6, 6.07) is 0. The lowest BCUT2D eigenvalue weighted by Gasteiger charge is -2.21. The zero-order valence-electron chi connectivity index (χ0n) is 23.2. The van der Waals surface area contributed by atoms with Crippen LogP contribution < -0.4 is 16.4 Å². The topological polar surface area (TPSA) is 99.7 Å². The molecular weight excluding hydrogens is 448 g/mol. The van der Waals surface area contributed by atoms with Gasteiger partial charge in [-0.1, -0.05) is 57.7 Å². The minimum absolute atomic E-state index is 0.0362. The van der Waals surface area contributed by atoms with Crippen LogP contribution in [-0.4, -0.2) is 36.4 Å². The number of carbonyl (C=O) groups excluding carboxylic acids is 1. The summed E-state index contributed by atoms with van der Waals surface area (Å²) in [5.74, 6) is 0.218. The molecule has 0 unspecified atom stereocenters. The molecule has 0 aromatic heterocycles. The largest absolute Gasteiger partial charge is 0.394 e. The zero-order valence-corrected chi connectivity index (χ0v) is 23.2. The molecule has 0 spiro atoms. The van der Waals surface area contributed by atoms with Crippen LogP contribution in [-0.2, 0) is 4.79 Å². The molecule has 0 aliphatic carbocycles. The molecule has 0 fully saturated rings. The van der Waals surface area contributed by atoms with Crippen LogP contribution in [0.1, 0.15) is 60.8 Å². The van der Waals surface area contributed by atoms with Gasteiger partial charge in [0.1, 0.15) is 5.84 Å². The first kappa shape index (κ1) is 32.6. The smallest absolute Gasteiger partial charge is 0.152 e. The van der Waals surface area contributed by atoms with E-state index in [0.29, 0.717) is 22.5 Å². The van der Waals surface area contributed by atoms with Crippen molar-refractivity contribution in [1.29, 1.82) is 0 Å². The van der Waals surface area contributed by atoms with Crippen LogP contribution in [0.5, 0.6) is 0 Å². The number of unbranched alkanes of at least 4 members (excludes halogenated alkanes) is 1. The van der Waals surface area contributed by atoms with E-state index in [-0.39, 0.29) is 12.4 Å². The van der Waals surface area contributed by atoms with Crippen LogP contribution in [0.25, 0.3) is 0 Å². The van der Waals surface area contributed by atoms with Gasteiger partial charge >= 0.3 is 0 Å². The number of nitrogens with one attached hydrogen (secondary N) is 2. The fourth-order valence-electron chi connectivity index (χ4n) is 3.14. The van der Waals surface area contributed by atoms with Crippen molar-refractivity contribution in [2.24, 2.45) is 10.7 Å². The number of rotatable bonds is 16. The van der Waals surface area contributed by atoms with Gasteiger partial charge in [0, 0.05) is 30.1 Å². The molecule has 0 radical (unpaired) electrons. The van der Waals surface area contributed by atoms with Crippen LogP contribution in [0, 0.1) is 0 Å². The van der Waals surface area contributed by atoms with E-state index in [9.17, 15) is 9.90 Å². The Labute approximate surface area is 218 Å². The molecule has 5 N–H and O–H groups in total. The Hall–Kier alpha value is -3.38. The number of nitrogens with zero attached hydrogens (tertiary/aromatic N) is 1. The van der Waals surface area contributed by atoms with Crippen LogP contribution in [0.15, 0.2) is 100 Å². The van der Waals surface area contributed by atoms with Gasteiger partial charge in [-0.05, 0) is 69.4 Å². The third-order valence-corrected chi connectivity index (χ3v) is 5.33. The van der Waals surface area contributed by atoms with Gasteiger partial charge in [-0.25, -0.2) is 4.99 Å². The van der Waals surface area contributed by atoms with Gasteiger partial charge in [0.2, 0.25) is 0 Å². The monoisotopic (exact) mass is 494 g/mol.